The molecule has 2 nitrogen and oxygen atoms in total. The summed E-state index contributed by atoms with van der Waals surface area (Å²) in [4.78, 5) is 11.1. The summed E-state index contributed by atoms with van der Waals surface area (Å²) in [7, 11) is 0. The van der Waals surface area contributed by atoms with Gasteiger partial charge in [-0.2, -0.15) is 0 Å². The molecule has 1 aliphatic rings. The number of halogens is 2. The standard InChI is InChI=1S/C12H14FNO.ClH/c13-10-3-1-2-9(8-10)12(14)6-4-11(15)5-7-12;/h1-3,8H,4-7,14H2;1H. The monoisotopic (exact) mass is 243 g/mol. The van der Waals surface area contributed by atoms with Crippen LogP contribution >= 0.6 is 12.4 Å². The molecule has 0 radical (unpaired) electrons. The Labute approximate surface area is 100 Å². The Morgan fingerprint density at radius 2 is 1.88 bits per heavy atom. The number of nitrogens with two attached hydrogens (primary N) is 1. The van der Waals surface area contributed by atoms with Crippen LogP contribution in [0.4, 0.5) is 4.39 Å². The molecule has 0 spiro atoms. The molecule has 1 aliphatic carbocycles. The largest absolute Gasteiger partial charge is 0.321 e. The van der Waals surface area contributed by atoms with Gasteiger partial charge in [-0.15, -0.1) is 12.4 Å². The summed E-state index contributed by atoms with van der Waals surface area (Å²) in [5.41, 5.74) is 6.48. The number of hydrogen-bond donors (Lipinski definition) is 1. The van der Waals surface area contributed by atoms with Crippen molar-refractivity contribution >= 4 is 18.2 Å². The molecule has 0 atom stereocenters. The maximum atomic E-state index is 13.0. The predicted octanol–water partition coefficient (Wildman–Crippen LogP) is 2.54. The van der Waals surface area contributed by atoms with Crippen molar-refractivity contribution in [1.82, 2.24) is 0 Å². The highest BCUT2D eigenvalue weighted by molar-refractivity contribution is 5.85. The minimum absolute atomic E-state index is 0. The van der Waals surface area contributed by atoms with Crippen molar-refractivity contribution in [3.05, 3.63) is 35.6 Å². The van der Waals surface area contributed by atoms with Crippen LogP contribution in [0.3, 0.4) is 0 Å². The molecular weight excluding hydrogens is 229 g/mol. The molecule has 0 unspecified atom stereocenters. The molecule has 0 heterocycles. The molecule has 4 heteroatoms. The lowest BCUT2D eigenvalue weighted by Gasteiger charge is -2.33. The average molecular weight is 244 g/mol. The van der Waals surface area contributed by atoms with Crippen molar-refractivity contribution < 1.29 is 9.18 Å². The SMILES string of the molecule is Cl.NC1(c2cccc(F)c2)CCC(=O)CC1. The van der Waals surface area contributed by atoms with E-state index in [1.54, 1.807) is 6.07 Å². The van der Waals surface area contributed by atoms with Crippen molar-refractivity contribution in [2.24, 2.45) is 5.73 Å². The van der Waals surface area contributed by atoms with Crippen LogP contribution in [0.1, 0.15) is 31.2 Å². The number of carbonyl (C=O) groups excluding carboxylic acids is 1. The lowest BCUT2D eigenvalue weighted by molar-refractivity contribution is -0.121. The van der Waals surface area contributed by atoms with Gasteiger partial charge in [-0.1, -0.05) is 12.1 Å². The normalized spacial score (nSPS) is 19.0. The molecule has 1 aromatic rings. The van der Waals surface area contributed by atoms with E-state index in [-0.39, 0.29) is 24.0 Å². The molecule has 0 aromatic heterocycles. The topological polar surface area (TPSA) is 43.1 Å². The lowest BCUT2D eigenvalue weighted by atomic mass is 9.77. The first-order valence-electron chi connectivity index (χ1n) is 5.17. The van der Waals surface area contributed by atoms with E-state index in [9.17, 15) is 9.18 Å². The van der Waals surface area contributed by atoms with Gasteiger partial charge in [-0.3, -0.25) is 4.79 Å². The Hall–Kier alpha value is -0.930. The predicted molar refractivity (Wildman–Crippen MR) is 63.0 cm³/mol. The maximum Gasteiger partial charge on any atom is 0.133 e. The first kappa shape index (κ1) is 13.1. The van der Waals surface area contributed by atoms with Gasteiger partial charge in [0, 0.05) is 18.4 Å². The second kappa shape index (κ2) is 4.93. The summed E-state index contributed by atoms with van der Waals surface area (Å²) in [5.74, 6) is -0.0123. The highest BCUT2D eigenvalue weighted by Crippen LogP contribution is 2.33. The van der Waals surface area contributed by atoms with Crippen LogP contribution in [0.15, 0.2) is 24.3 Å². The number of hydrogen-bond acceptors (Lipinski definition) is 2. The molecule has 1 aromatic carbocycles. The van der Waals surface area contributed by atoms with Gasteiger partial charge in [0.2, 0.25) is 0 Å². The van der Waals surface area contributed by atoms with Gasteiger partial charge < -0.3 is 5.73 Å². The Balaban J connectivity index is 0.00000128. The van der Waals surface area contributed by atoms with Crippen LogP contribution in [0, 0.1) is 5.82 Å². The third-order valence-corrected chi connectivity index (χ3v) is 3.10. The van der Waals surface area contributed by atoms with E-state index >= 15 is 0 Å². The van der Waals surface area contributed by atoms with E-state index in [4.69, 9.17) is 5.73 Å². The van der Waals surface area contributed by atoms with Crippen molar-refractivity contribution in [2.45, 2.75) is 31.2 Å². The zero-order valence-corrected chi connectivity index (χ0v) is 9.73. The van der Waals surface area contributed by atoms with Gasteiger partial charge in [0.15, 0.2) is 0 Å². The first-order chi connectivity index (χ1) is 7.10. The highest BCUT2D eigenvalue weighted by Gasteiger charge is 2.32. The van der Waals surface area contributed by atoms with Gasteiger partial charge in [0.1, 0.15) is 11.6 Å². The highest BCUT2D eigenvalue weighted by atomic mass is 35.5. The minimum Gasteiger partial charge on any atom is -0.321 e. The molecule has 1 saturated carbocycles. The molecule has 2 N–H and O–H groups in total. The molecule has 0 bridgehead atoms. The van der Waals surface area contributed by atoms with Gasteiger partial charge in [-0.05, 0) is 30.5 Å². The van der Waals surface area contributed by atoms with Crippen molar-refractivity contribution in [2.75, 3.05) is 0 Å². The third kappa shape index (κ3) is 2.60. The van der Waals surface area contributed by atoms with Gasteiger partial charge in [0.05, 0.1) is 0 Å². The number of carbonyl (C=O) groups is 1. The zero-order chi connectivity index (χ0) is 10.9. The number of ketones is 1. The molecule has 88 valence electrons. The summed E-state index contributed by atoms with van der Waals surface area (Å²) in [6, 6.07) is 6.37. The van der Waals surface area contributed by atoms with Crippen LogP contribution in [0.5, 0.6) is 0 Å². The van der Waals surface area contributed by atoms with E-state index in [1.165, 1.54) is 12.1 Å². The van der Waals surface area contributed by atoms with Crippen molar-refractivity contribution in [3.8, 4) is 0 Å². The zero-order valence-electron chi connectivity index (χ0n) is 8.91. The van der Waals surface area contributed by atoms with Crippen LogP contribution < -0.4 is 5.73 Å². The average Bonchev–Trinajstić information content (AvgIpc) is 2.23. The fourth-order valence-electron chi connectivity index (χ4n) is 2.06. The van der Waals surface area contributed by atoms with Gasteiger partial charge in [0.25, 0.3) is 0 Å². The van der Waals surface area contributed by atoms with E-state index in [2.05, 4.69) is 0 Å². The van der Waals surface area contributed by atoms with E-state index in [1.807, 2.05) is 6.07 Å². The second-order valence-electron chi connectivity index (χ2n) is 4.21. The van der Waals surface area contributed by atoms with Gasteiger partial charge in [-0.25, -0.2) is 4.39 Å². The van der Waals surface area contributed by atoms with Crippen LogP contribution in [-0.4, -0.2) is 5.78 Å². The van der Waals surface area contributed by atoms with Crippen LogP contribution in [0.2, 0.25) is 0 Å². The van der Waals surface area contributed by atoms with Crippen LogP contribution in [-0.2, 0) is 10.3 Å². The maximum absolute atomic E-state index is 13.0. The van der Waals surface area contributed by atoms with Crippen molar-refractivity contribution in [3.63, 3.8) is 0 Å². The van der Waals surface area contributed by atoms with E-state index in [0.717, 1.165) is 5.56 Å². The Bertz CT molecular complexity index is 384. The molecule has 0 aliphatic heterocycles. The molecule has 0 saturated heterocycles. The Kier molecular flexibility index (Phi) is 4.05. The molecule has 2 rings (SSSR count). The van der Waals surface area contributed by atoms with E-state index < -0.39 is 5.54 Å². The minimum atomic E-state index is -0.518. The summed E-state index contributed by atoms with van der Waals surface area (Å²) in [6.45, 7) is 0. The summed E-state index contributed by atoms with van der Waals surface area (Å²) in [5, 5.41) is 0. The lowest BCUT2D eigenvalue weighted by Crippen LogP contribution is -2.40. The quantitative estimate of drug-likeness (QED) is 0.824. The smallest absolute Gasteiger partial charge is 0.133 e. The van der Waals surface area contributed by atoms with E-state index in [0.29, 0.717) is 25.7 Å². The van der Waals surface area contributed by atoms with Crippen molar-refractivity contribution in [1.29, 1.82) is 0 Å². The number of benzene rings is 1. The Morgan fingerprint density at radius 3 is 2.44 bits per heavy atom. The summed E-state index contributed by atoms with van der Waals surface area (Å²) in [6.07, 6.45) is 2.25. The Morgan fingerprint density at radius 1 is 1.25 bits per heavy atom. The molecular formula is C12H15ClFNO. The fraction of sp³-hybridized carbons (Fsp3) is 0.417. The first-order valence-corrected chi connectivity index (χ1v) is 5.17. The third-order valence-electron chi connectivity index (χ3n) is 3.10. The van der Waals surface area contributed by atoms with Gasteiger partial charge >= 0.3 is 0 Å². The summed E-state index contributed by atoms with van der Waals surface area (Å²) < 4.78 is 13.0. The molecule has 1 fully saturated rings. The molecule has 0 amide bonds. The molecule has 16 heavy (non-hydrogen) atoms. The fourth-order valence-corrected chi connectivity index (χ4v) is 2.06. The number of rotatable bonds is 1. The summed E-state index contributed by atoms with van der Waals surface area (Å²) >= 11 is 0. The number of Topliss-reactive ketones (excluding diaryl/α,β-unsaturated/α-hetero) is 1. The van der Waals surface area contributed by atoms with Crippen LogP contribution in [0.25, 0.3) is 0 Å². The second-order valence-corrected chi connectivity index (χ2v) is 4.21.